The van der Waals surface area contributed by atoms with Gasteiger partial charge in [0.15, 0.2) is 0 Å². The molecule has 5 rings (SSSR count). The van der Waals surface area contributed by atoms with Crippen LogP contribution in [0.1, 0.15) is 34.3 Å². The summed E-state index contributed by atoms with van der Waals surface area (Å²) in [5, 5.41) is 3.41. The van der Waals surface area contributed by atoms with Crippen LogP contribution in [0.5, 0.6) is 5.75 Å². The molecule has 39 heavy (non-hydrogen) atoms. The third-order valence-corrected chi connectivity index (χ3v) is 7.01. The molecule has 0 radical (unpaired) electrons. The Kier molecular flexibility index (Phi) is 7.14. The zero-order valence-electron chi connectivity index (χ0n) is 21.5. The number of likely N-dealkylation sites (N-methyl/N-ethyl adjacent to an activating group) is 1. The van der Waals surface area contributed by atoms with Crippen LogP contribution in [0, 0.1) is 6.92 Å². The lowest BCUT2D eigenvalue weighted by molar-refractivity contribution is -0.137. The Morgan fingerprint density at radius 3 is 2.72 bits per heavy atom. The SMILES string of the molecule is Cc1ccc(C(=O)Nc2cc(OC[C@@H]3CCCN3C)cc(C(F)(F)F)c2)cc1-c1ccc2nc(N)ncc2c1. The van der Waals surface area contributed by atoms with E-state index in [-0.39, 0.29) is 30.0 Å². The predicted molar refractivity (Wildman–Crippen MR) is 145 cm³/mol. The minimum atomic E-state index is -4.59. The first-order chi connectivity index (χ1) is 18.6. The molecule has 0 bridgehead atoms. The molecule has 1 saturated heterocycles. The highest BCUT2D eigenvalue weighted by Crippen LogP contribution is 2.35. The summed E-state index contributed by atoms with van der Waals surface area (Å²) in [6, 6.07) is 14.2. The van der Waals surface area contributed by atoms with Crippen LogP contribution in [-0.4, -0.2) is 47.0 Å². The van der Waals surface area contributed by atoms with Crippen molar-refractivity contribution in [2.24, 2.45) is 0 Å². The molecule has 1 aromatic heterocycles. The van der Waals surface area contributed by atoms with E-state index < -0.39 is 17.6 Å². The Hall–Kier alpha value is -4.18. The predicted octanol–water partition coefficient (Wildman–Crippen LogP) is 5.93. The van der Waals surface area contributed by atoms with E-state index in [2.05, 4.69) is 20.2 Å². The van der Waals surface area contributed by atoms with Crippen molar-refractivity contribution in [2.45, 2.75) is 32.0 Å². The number of benzene rings is 3. The highest BCUT2D eigenvalue weighted by atomic mass is 19.4. The molecule has 3 aromatic carbocycles. The largest absolute Gasteiger partial charge is 0.492 e. The number of nitrogens with zero attached hydrogens (tertiary/aromatic N) is 3. The van der Waals surface area contributed by atoms with E-state index in [1.165, 1.54) is 6.07 Å². The number of hydrogen-bond donors (Lipinski definition) is 2. The van der Waals surface area contributed by atoms with Crippen molar-refractivity contribution in [3.63, 3.8) is 0 Å². The number of halogens is 3. The maximum absolute atomic E-state index is 13.6. The molecule has 0 saturated carbocycles. The van der Waals surface area contributed by atoms with Gasteiger partial charge >= 0.3 is 6.18 Å². The molecule has 4 aromatic rings. The number of aryl methyl sites for hydroxylation is 1. The average Bonchev–Trinajstić information content (AvgIpc) is 3.31. The topological polar surface area (TPSA) is 93.4 Å². The summed E-state index contributed by atoms with van der Waals surface area (Å²) in [5.41, 5.74) is 8.35. The summed E-state index contributed by atoms with van der Waals surface area (Å²) in [5.74, 6) is -0.294. The van der Waals surface area contributed by atoms with Crippen molar-refractivity contribution in [3.05, 3.63) is 77.5 Å². The van der Waals surface area contributed by atoms with E-state index in [0.717, 1.165) is 53.6 Å². The minimum Gasteiger partial charge on any atom is -0.492 e. The zero-order valence-corrected chi connectivity index (χ0v) is 21.5. The number of fused-ring (bicyclic) bond motifs is 1. The fraction of sp³-hybridized carbons (Fsp3) is 0.276. The lowest BCUT2D eigenvalue weighted by atomic mass is 9.97. The summed E-state index contributed by atoms with van der Waals surface area (Å²) in [4.78, 5) is 23.5. The van der Waals surface area contributed by atoms with Crippen molar-refractivity contribution >= 4 is 28.4 Å². The van der Waals surface area contributed by atoms with Gasteiger partial charge in [0.05, 0.1) is 11.1 Å². The summed E-state index contributed by atoms with van der Waals surface area (Å²) in [6.07, 6.45) is -1.02. The van der Waals surface area contributed by atoms with Gasteiger partial charge in [-0.2, -0.15) is 13.2 Å². The number of anilines is 2. The second-order valence-electron chi connectivity index (χ2n) is 9.82. The fourth-order valence-electron chi connectivity index (χ4n) is 4.79. The van der Waals surface area contributed by atoms with Gasteiger partial charge in [-0.1, -0.05) is 12.1 Å². The van der Waals surface area contributed by atoms with E-state index >= 15 is 0 Å². The van der Waals surface area contributed by atoms with Crippen LogP contribution in [0.3, 0.4) is 0 Å². The van der Waals surface area contributed by atoms with E-state index in [1.807, 2.05) is 32.2 Å². The molecule has 1 aliphatic rings. The first kappa shape index (κ1) is 26.4. The van der Waals surface area contributed by atoms with Gasteiger partial charge in [-0.3, -0.25) is 4.79 Å². The normalized spacial score (nSPS) is 16.0. The Morgan fingerprint density at radius 1 is 1.15 bits per heavy atom. The Bertz CT molecular complexity index is 1540. The number of carbonyl (C=O) groups excluding carboxylic acids is 1. The average molecular weight is 536 g/mol. The van der Waals surface area contributed by atoms with Crippen LogP contribution in [0.25, 0.3) is 22.0 Å². The molecule has 0 spiro atoms. The van der Waals surface area contributed by atoms with Crippen molar-refractivity contribution in [1.29, 1.82) is 0 Å². The van der Waals surface area contributed by atoms with Gasteiger partial charge in [-0.05, 0) is 86.4 Å². The number of alkyl halides is 3. The Morgan fingerprint density at radius 2 is 1.97 bits per heavy atom. The standard InChI is InChI=1S/C29H28F3N5O2/c1-17-5-6-19(11-25(17)18-7-8-26-20(10-18)15-34-28(33)36-26)27(38)35-22-12-21(29(30,31)32)13-24(14-22)39-16-23-4-3-9-37(23)2/h5-8,10-15,23H,3-4,9,16H2,1-2H3,(H,35,38)(H2,33,34,36)/t23-/m0/s1. The van der Waals surface area contributed by atoms with E-state index in [9.17, 15) is 18.0 Å². The number of nitrogens with two attached hydrogens (primary N) is 1. The first-order valence-corrected chi connectivity index (χ1v) is 12.6. The summed E-state index contributed by atoms with van der Waals surface area (Å²) >= 11 is 0. The first-order valence-electron chi connectivity index (χ1n) is 12.6. The Balaban J connectivity index is 1.40. The summed E-state index contributed by atoms with van der Waals surface area (Å²) in [7, 11) is 1.97. The maximum atomic E-state index is 13.6. The molecule has 1 aliphatic heterocycles. The highest BCUT2D eigenvalue weighted by molar-refractivity contribution is 6.05. The highest BCUT2D eigenvalue weighted by Gasteiger charge is 2.32. The molecular weight excluding hydrogens is 507 g/mol. The third kappa shape index (κ3) is 5.96. The van der Waals surface area contributed by atoms with Gasteiger partial charge in [0.2, 0.25) is 5.95 Å². The molecular formula is C29H28F3N5O2. The molecule has 2 heterocycles. The van der Waals surface area contributed by atoms with Crippen LogP contribution in [0.4, 0.5) is 24.8 Å². The van der Waals surface area contributed by atoms with Crippen molar-refractivity contribution < 1.29 is 22.7 Å². The smallest absolute Gasteiger partial charge is 0.416 e. The molecule has 0 unspecified atom stereocenters. The number of nitrogens with one attached hydrogen (secondary N) is 1. The van der Waals surface area contributed by atoms with Crippen molar-refractivity contribution in [2.75, 3.05) is 31.2 Å². The van der Waals surface area contributed by atoms with E-state index in [4.69, 9.17) is 10.5 Å². The fourth-order valence-corrected chi connectivity index (χ4v) is 4.79. The molecule has 202 valence electrons. The Labute approximate surface area is 223 Å². The number of amides is 1. The number of likely N-dealkylation sites (tertiary alicyclic amines) is 1. The van der Waals surface area contributed by atoms with Gasteiger partial charge in [-0.25, -0.2) is 9.97 Å². The molecule has 1 amide bonds. The minimum absolute atomic E-state index is 0.00664. The maximum Gasteiger partial charge on any atom is 0.416 e. The zero-order chi connectivity index (χ0) is 27.7. The van der Waals surface area contributed by atoms with E-state index in [0.29, 0.717) is 11.1 Å². The van der Waals surface area contributed by atoms with Crippen LogP contribution in [0.15, 0.2) is 60.8 Å². The molecule has 0 aliphatic carbocycles. The number of aromatic nitrogens is 2. The lowest BCUT2D eigenvalue weighted by Crippen LogP contribution is -2.30. The number of hydrogen-bond acceptors (Lipinski definition) is 6. The quantitative estimate of drug-likeness (QED) is 0.318. The number of nitrogen functional groups attached to an aromatic ring is 1. The van der Waals surface area contributed by atoms with Crippen LogP contribution in [0.2, 0.25) is 0 Å². The molecule has 3 N–H and O–H groups in total. The number of carbonyl (C=O) groups is 1. The van der Waals surface area contributed by atoms with Crippen molar-refractivity contribution in [1.82, 2.24) is 14.9 Å². The summed E-state index contributed by atoms with van der Waals surface area (Å²) in [6.45, 7) is 3.12. The molecule has 7 nitrogen and oxygen atoms in total. The van der Waals surface area contributed by atoms with E-state index in [1.54, 1.807) is 24.4 Å². The van der Waals surface area contributed by atoms with Gasteiger partial charge in [-0.15, -0.1) is 0 Å². The van der Waals surface area contributed by atoms with Gasteiger partial charge < -0.3 is 20.7 Å². The van der Waals surface area contributed by atoms with Crippen LogP contribution < -0.4 is 15.8 Å². The second-order valence-corrected chi connectivity index (χ2v) is 9.82. The van der Waals surface area contributed by atoms with Gasteiger partial charge in [0, 0.05) is 34.9 Å². The molecule has 1 atom stereocenters. The lowest BCUT2D eigenvalue weighted by Gasteiger charge is -2.20. The van der Waals surface area contributed by atoms with Crippen LogP contribution in [-0.2, 0) is 6.18 Å². The second kappa shape index (κ2) is 10.5. The van der Waals surface area contributed by atoms with Crippen molar-refractivity contribution in [3.8, 4) is 16.9 Å². The van der Waals surface area contributed by atoms with Gasteiger partial charge in [0.25, 0.3) is 5.91 Å². The number of ether oxygens (including phenoxy) is 1. The monoisotopic (exact) mass is 535 g/mol. The third-order valence-electron chi connectivity index (χ3n) is 7.01. The molecule has 10 heteroatoms. The molecule has 1 fully saturated rings. The van der Waals surface area contributed by atoms with Gasteiger partial charge in [0.1, 0.15) is 12.4 Å². The number of rotatable bonds is 6. The summed E-state index contributed by atoms with van der Waals surface area (Å²) < 4.78 is 46.7. The van der Waals surface area contributed by atoms with Crippen LogP contribution >= 0.6 is 0 Å².